The summed E-state index contributed by atoms with van der Waals surface area (Å²) in [4.78, 5) is 26.0. The molecule has 1 atom stereocenters. The predicted octanol–water partition coefficient (Wildman–Crippen LogP) is 3.34. The SMILES string of the molecule is COc1cc(C(=O)N2CCCC(C)(C(=O)O)C2)ccc1OC1CCCC1. The molecule has 1 unspecified atom stereocenters. The first kappa shape index (κ1) is 18.5. The molecular formula is C20H27NO5. The number of nitrogens with zero attached hydrogens (tertiary/aromatic N) is 1. The summed E-state index contributed by atoms with van der Waals surface area (Å²) in [6.45, 7) is 2.50. The number of carbonyl (C=O) groups excluding carboxylic acids is 1. The van der Waals surface area contributed by atoms with Crippen LogP contribution >= 0.6 is 0 Å². The van der Waals surface area contributed by atoms with Gasteiger partial charge in [0.1, 0.15) is 0 Å². The minimum absolute atomic E-state index is 0.164. The van der Waals surface area contributed by atoms with E-state index in [9.17, 15) is 14.7 Å². The fraction of sp³-hybridized carbons (Fsp3) is 0.600. The van der Waals surface area contributed by atoms with E-state index in [1.54, 1.807) is 37.1 Å². The van der Waals surface area contributed by atoms with Gasteiger partial charge in [0, 0.05) is 18.7 Å². The molecule has 1 aliphatic carbocycles. The summed E-state index contributed by atoms with van der Waals surface area (Å²) in [6, 6.07) is 5.21. The summed E-state index contributed by atoms with van der Waals surface area (Å²) in [5, 5.41) is 9.45. The smallest absolute Gasteiger partial charge is 0.311 e. The first-order valence-corrected chi connectivity index (χ1v) is 9.30. The van der Waals surface area contributed by atoms with E-state index in [1.807, 2.05) is 0 Å². The number of likely N-dealkylation sites (tertiary alicyclic amines) is 1. The largest absolute Gasteiger partial charge is 0.493 e. The molecule has 1 heterocycles. The maximum absolute atomic E-state index is 12.9. The lowest BCUT2D eigenvalue weighted by Gasteiger charge is -2.37. The van der Waals surface area contributed by atoms with Crippen LogP contribution in [-0.2, 0) is 4.79 Å². The van der Waals surface area contributed by atoms with Crippen LogP contribution in [0.4, 0.5) is 0 Å². The summed E-state index contributed by atoms with van der Waals surface area (Å²) >= 11 is 0. The van der Waals surface area contributed by atoms with Gasteiger partial charge < -0.3 is 19.5 Å². The number of piperidine rings is 1. The van der Waals surface area contributed by atoms with Crippen LogP contribution in [0.3, 0.4) is 0 Å². The van der Waals surface area contributed by atoms with Crippen LogP contribution < -0.4 is 9.47 Å². The lowest BCUT2D eigenvalue weighted by atomic mass is 9.82. The lowest BCUT2D eigenvalue weighted by molar-refractivity contribution is -0.150. The van der Waals surface area contributed by atoms with Crippen molar-refractivity contribution in [2.24, 2.45) is 5.41 Å². The summed E-state index contributed by atoms with van der Waals surface area (Å²) in [6.07, 6.45) is 5.94. The van der Waals surface area contributed by atoms with Crippen LogP contribution in [0.5, 0.6) is 11.5 Å². The van der Waals surface area contributed by atoms with E-state index in [2.05, 4.69) is 0 Å². The van der Waals surface area contributed by atoms with Crippen LogP contribution in [0.15, 0.2) is 18.2 Å². The molecule has 0 spiro atoms. The highest BCUT2D eigenvalue weighted by atomic mass is 16.5. The highest BCUT2D eigenvalue weighted by molar-refractivity contribution is 5.95. The Kier molecular flexibility index (Phi) is 5.39. The molecule has 1 saturated carbocycles. The number of carboxylic acids is 1. The van der Waals surface area contributed by atoms with E-state index in [0.717, 1.165) is 12.8 Å². The Bertz CT molecular complexity index is 683. The minimum atomic E-state index is -0.885. The molecule has 1 N–H and O–H groups in total. The Labute approximate surface area is 154 Å². The first-order valence-electron chi connectivity index (χ1n) is 9.30. The Morgan fingerprint density at radius 3 is 2.58 bits per heavy atom. The van der Waals surface area contributed by atoms with E-state index < -0.39 is 11.4 Å². The molecule has 1 aromatic carbocycles. The average molecular weight is 361 g/mol. The first-order chi connectivity index (χ1) is 12.4. The molecule has 0 aromatic heterocycles. The van der Waals surface area contributed by atoms with Crippen molar-refractivity contribution in [2.45, 2.75) is 51.6 Å². The van der Waals surface area contributed by atoms with Gasteiger partial charge in [0.15, 0.2) is 11.5 Å². The Morgan fingerprint density at radius 1 is 1.19 bits per heavy atom. The number of aliphatic carboxylic acids is 1. The number of benzene rings is 1. The third-order valence-electron chi connectivity index (χ3n) is 5.51. The number of methoxy groups -OCH3 is 1. The van der Waals surface area contributed by atoms with Gasteiger partial charge in [0.05, 0.1) is 18.6 Å². The van der Waals surface area contributed by atoms with Crippen LogP contribution in [0.25, 0.3) is 0 Å². The number of hydrogen-bond acceptors (Lipinski definition) is 4. The zero-order valence-corrected chi connectivity index (χ0v) is 15.5. The molecule has 3 rings (SSSR count). The van der Waals surface area contributed by atoms with Crippen molar-refractivity contribution in [3.05, 3.63) is 23.8 Å². The standard InChI is InChI=1S/C20H27NO5/c1-20(19(23)24)10-5-11-21(13-20)18(22)14-8-9-16(17(12-14)25-2)26-15-6-3-4-7-15/h8-9,12,15H,3-7,10-11,13H2,1-2H3,(H,23,24). The van der Waals surface area contributed by atoms with Crippen LogP contribution in [-0.4, -0.2) is 48.2 Å². The van der Waals surface area contributed by atoms with Crippen LogP contribution in [0.1, 0.15) is 55.8 Å². The monoisotopic (exact) mass is 361 g/mol. The zero-order valence-electron chi connectivity index (χ0n) is 15.5. The van der Waals surface area contributed by atoms with Crippen LogP contribution in [0, 0.1) is 5.41 Å². The lowest BCUT2D eigenvalue weighted by Crippen LogP contribution is -2.48. The summed E-state index contributed by atoms with van der Waals surface area (Å²) in [5.41, 5.74) is -0.390. The maximum atomic E-state index is 12.9. The van der Waals surface area contributed by atoms with Crippen molar-refractivity contribution in [3.8, 4) is 11.5 Å². The molecular weight excluding hydrogens is 334 g/mol. The molecule has 6 nitrogen and oxygen atoms in total. The molecule has 1 amide bonds. The van der Waals surface area contributed by atoms with Gasteiger partial charge in [-0.15, -0.1) is 0 Å². The second-order valence-corrected chi connectivity index (χ2v) is 7.59. The van der Waals surface area contributed by atoms with Gasteiger partial charge in [-0.1, -0.05) is 0 Å². The van der Waals surface area contributed by atoms with Crippen molar-refractivity contribution in [1.82, 2.24) is 4.90 Å². The normalized spacial score (nSPS) is 23.7. The summed E-state index contributed by atoms with van der Waals surface area (Å²) < 4.78 is 11.4. The van der Waals surface area contributed by atoms with Crippen molar-refractivity contribution in [1.29, 1.82) is 0 Å². The molecule has 0 bridgehead atoms. The second kappa shape index (κ2) is 7.56. The third kappa shape index (κ3) is 3.79. The topological polar surface area (TPSA) is 76.1 Å². The molecule has 1 aliphatic heterocycles. The highest BCUT2D eigenvalue weighted by Crippen LogP contribution is 2.34. The summed E-state index contributed by atoms with van der Waals surface area (Å²) in [7, 11) is 1.56. The molecule has 26 heavy (non-hydrogen) atoms. The number of carboxylic acid groups (broad SMARTS) is 1. The zero-order chi connectivity index (χ0) is 18.7. The van der Waals surface area contributed by atoms with Gasteiger partial charge >= 0.3 is 5.97 Å². The fourth-order valence-electron chi connectivity index (χ4n) is 3.85. The molecule has 2 aliphatic rings. The van der Waals surface area contributed by atoms with E-state index in [-0.39, 0.29) is 18.6 Å². The van der Waals surface area contributed by atoms with Gasteiger partial charge in [0.25, 0.3) is 5.91 Å². The van der Waals surface area contributed by atoms with Gasteiger partial charge in [-0.05, 0) is 63.6 Å². The maximum Gasteiger partial charge on any atom is 0.311 e. The number of amides is 1. The number of hydrogen-bond donors (Lipinski definition) is 1. The third-order valence-corrected chi connectivity index (χ3v) is 5.51. The van der Waals surface area contributed by atoms with Crippen molar-refractivity contribution in [3.63, 3.8) is 0 Å². The van der Waals surface area contributed by atoms with Crippen molar-refractivity contribution < 1.29 is 24.2 Å². The van der Waals surface area contributed by atoms with Gasteiger partial charge in [-0.25, -0.2) is 0 Å². The van der Waals surface area contributed by atoms with E-state index in [4.69, 9.17) is 9.47 Å². The number of carbonyl (C=O) groups is 2. The summed E-state index contributed by atoms with van der Waals surface area (Å²) in [5.74, 6) is 0.182. The molecule has 6 heteroatoms. The number of rotatable bonds is 5. The molecule has 1 saturated heterocycles. The average Bonchev–Trinajstić information content (AvgIpc) is 3.14. The number of ether oxygens (including phenoxy) is 2. The minimum Gasteiger partial charge on any atom is -0.493 e. The quantitative estimate of drug-likeness (QED) is 0.870. The molecule has 142 valence electrons. The van der Waals surface area contributed by atoms with E-state index in [0.29, 0.717) is 36.4 Å². The Morgan fingerprint density at radius 2 is 1.92 bits per heavy atom. The van der Waals surface area contributed by atoms with E-state index in [1.165, 1.54) is 12.8 Å². The van der Waals surface area contributed by atoms with E-state index >= 15 is 0 Å². The van der Waals surface area contributed by atoms with Crippen LogP contribution in [0.2, 0.25) is 0 Å². The molecule has 0 radical (unpaired) electrons. The molecule has 2 fully saturated rings. The van der Waals surface area contributed by atoms with Crippen molar-refractivity contribution in [2.75, 3.05) is 20.2 Å². The highest BCUT2D eigenvalue weighted by Gasteiger charge is 2.39. The van der Waals surface area contributed by atoms with Gasteiger partial charge in [-0.3, -0.25) is 9.59 Å². The predicted molar refractivity (Wildman–Crippen MR) is 96.8 cm³/mol. The van der Waals surface area contributed by atoms with Gasteiger partial charge in [-0.2, -0.15) is 0 Å². The van der Waals surface area contributed by atoms with Crippen molar-refractivity contribution >= 4 is 11.9 Å². The fourth-order valence-corrected chi connectivity index (χ4v) is 3.85. The van der Waals surface area contributed by atoms with Gasteiger partial charge in [0.2, 0.25) is 0 Å². The molecule has 1 aromatic rings. The Hall–Kier alpha value is -2.24. The Balaban J connectivity index is 1.75. The second-order valence-electron chi connectivity index (χ2n) is 7.59.